The van der Waals surface area contributed by atoms with Gasteiger partial charge >= 0.3 is 0 Å². The van der Waals surface area contributed by atoms with Crippen LogP contribution in [-0.4, -0.2) is 50.1 Å². The van der Waals surface area contributed by atoms with E-state index in [0.717, 1.165) is 52.0 Å². The fraction of sp³-hybridized carbons (Fsp3) is 0.500. The quantitative estimate of drug-likeness (QED) is 0.358. The van der Waals surface area contributed by atoms with Crippen molar-refractivity contribution in [3.8, 4) is 6.07 Å². The molecular weight excluding hydrogens is 326 g/mol. The number of benzene rings is 1. The summed E-state index contributed by atoms with van der Waals surface area (Å²) in [5, 5.41) is 18.4. The van der Waals surface area contributed by atoms with Crippen LogP contribution in [0.3, 0.4) is 0 Å². The lowest BCUT2D eigenvalue weighted by atomic mass is 10.1. The summed E-state index contributed by atoms with van der Waals surface area (Å²) >= 11 is 0. The average molecular weight is 355 g/mol. The van der Waals surface area contributed by atoms with Gasteiger partial charge in [0.2, 0.25) is 0 Å². The van der Waals surface area contributed by atoms with Crippen LogP contribution in [0.25, 0.3) is 0 Å². The molecule has 0 spiro atoms. The second-order valence-electron chi connectivity index (χ2n) is 6.47. The Morgan fingerprint density at radius 2 is 2.04 bits per heavy atom. The minimum Gasteiger partial charge on any atom is -0.388 e. The molecule has 2 rings (SSSR count). The Bertz CT molecular complexity index is 627. The topological polar surface area (TPSA) is 80.2 Å². The molecule has 0 aromatic heterocycles. The number of hydrogen-bond acceptors (Lipinski definition) is 5. The van der Waals surface area contributed by atoms with Gasteiger partial charge in [-0.25, -0.2) is 0 Å². The van der Waals surface area contributed by atoms with Gasteiger partial charge in [0.1, 0.15) is 11.6 Å². The summed E-state index contributed by atoms with van der Waals surface area (Å²) in [4.78, 5) is 14.6. The van der Waals surface area contributed by atoms with Gasteiger partial charge in [-0.05, 0) is 30.5 Å². The highest BCUT2D eigenvalue weighted by molar-refractivity contribution is 6.06. The Morgan fingerprint density at radius 3 is 2.69 bits per heavy atom. The predicted molar refractivity (Wildman–Crippen MR) is 105 cm³/mol. The zero-order valence-corrected chi connectivity index (χ0v) is 15.6. The number of piperazine rings is 1. The zero-order chi connectivity index (χ0) is 18.6. The minimum atomic E-state index is -0.386. The number of nitriles is 1. The number of hydrogen-bond donors (Lipinski definition) is 3. The van der Waals surface area contributed by atoms with E-state index in [2.05, 4.69) is 27.8 Å². The number of unbranched alkanes of at least 4 members (excludes halogenated alkanes) is 1. The van der Waals surface area contributed by atoms with Gasteiger partial charge in [0, 0.05) is 51.2 Å². The fourth-order valence-corrected chi connectivity index (χ4v) is 2.81. The molecule has 26 heavy (non-hydrogen) atoms. The van der Waals surface area contributed by atoms with Crippen molar-refractivity contribution in [1.82, 2.24) is 15.5 Å². The Balaban J connectivity index is 1.78. The van der Waals surface area contributed by atoms with E-state index in [1.54, 1.807) is 0 Å². The number of carbonyl (C=O) groups is 1. The van der Waals surface area contributed by atoms with E-state index in [9.17, 15) is 10.1 Å². The standard InChI is InChI=1S/C20H29N5O/c1-2-3-4-17-5-7-19(8-6-17)24-20(26)18(15-21)16-23-11-14-25-12-9-22-10-13-25/h5-8,16,22-23H,2-4,9-14H2,1H3,(H,24,26)/b18-16-. The first-order valence-electron chi connectivity index (χ1n) is 9.40. The second kappa shape index (κ2) is 11.3. The number of nitrogens with zero attached hydrogens (tertiary/aromatic N) is 2. The van der Waals surface area contributed by atoms with Gasteiger partial charge in [0.25, 0.3) is 5.91 Å². The summed E-state index contributed by atoms with van der Waals surface area (Å²) in [6, 6.07) is 9.77. The van der Waals surface area contributed by atoms with Gasteiger partial charge in [-0.2, -0.15) is 5.26 Å². The summed E-state index contributed by atoms with van der Waals surface area (Å²) in [6.07, 6.45) is 4.88. The monoisotopic (exact) mass is 355 g/mol. The first-order valence-corrected chi connectivity index (χ1v) is 9.40. The number of aryl methyl sites for hydroxylation is 1. The minimum absolute atomic E-state index is 0.0837. The van der Waals surface area contributed by atoms with Crippen LogP contribution in [0.2, 0.25) is 0 Å². The van der Waals surface area contributed by atoms with Crippen molar-refractivity contribution in [3.05, 3.63) is 41.6 Å². The maximum atomic E-state index is 12.2. The molecule has 0 saturated carbocycles. The van der Waals surface area contributed by atoms with Crippen LogP contribution in [0.15, 0.2) is 36.0 Å². The maximum absolute atomic E-state index is 12.2. The molecule has 1 aromatic carbocycles. The first kappa shape index (κ1) is 20.0. The molecule has 0 atom stereocenters. The van der Waals surface area contributed by atoms with E-state index in [1.807, 2.05) is 30.3 Å². The lowest BCUT2D eigenvalue weighted by Gasteiger charge is -2.26. The SMILES string of the molecule is CCCCc1ccc(NC(=O)/C(C#N)=C\NCCN2CCNCC2)cc1. The maximum Gasteiger partial charge on any atom is 0.267 e. The van der Waals surface area contributed by atoms with Crippen molar-refractivity contribution < 1.29 is 4.79 Å². The van der Waals surface area contributed by atoms with E-state index in [-0.39, 0.29) is 11.5 Å². The summed E-state index contributed by atoms with van der Waals surface area (Å²) in [7, 11) is 0. The normalized spacial score (nSPS) is 15.3. The Labute approximate surface area is 156 Å². The number of rotatable bonds is 9. The molecule has 6 heteroatoms. The van der Waals surface area contributed by atoms with Crippen LogP contribution in [0, 0.1) is 11.3 Å². The molecule has 1 fully saturated rings. The van der Waals surface area contributed by atoms with Crippen molar-refractivity contribution in [2.45, 2.75) is 26.2 Å². The molecular formula is C20H29N5O. The summed E-state index contributed by atoms with van der Waals surface area (Å²) < 4.78 is 0. The third-order valence-corrected chi connectivity index (χ3v) is 4.42. The van der Waals surface area contributed by atoms with Crippen molar-refractivity contribution in [2.75, 3.05) is 44.6 Å². The Kier molecular flexibility index (Phi) is 8.67. The number of carbonyl (C=O) groups excluding carboxylic acids is 1. The zero-order valence-electron chi connectivity index (χ0n) is 15.6. The first-order chi connectivity index (χ1) is 12.7. The van der Waals surface area contributed by atoms with E-state index < -0.39 is 0 Å². The third-order valence-electron chi connectivity index (χ3n) is 4.42. The van der Waals surface area contributed by atoms with Crippen LogP contribution < -0.4 is 16.0 Å². The van der Waals surface area contributed by atoms with E-state index in [0.29, 0.717) is 12.2 Å². The van der Waals surface area contributed by atoms with Gasteiger partial charge in [0.15, 0.2) is 0 Å². The number of anilines is 1. The Morgan fingerprint density at radius 1 is 1.31 bits per heavy atom. The van der Waals surface area contributed by atoms with Gasteiger partial charge in [-0.3, -0.25) is 9.69 Å². The van der Waals surface area contributed by atoms with Crippen LogP contribution in [0.5, 0.6) is 0 Å². The van der Waals surface area contributed by atoms with Crippen molar-refractivity contribution in [2.24, 2.45) is 0 Å². The Hall–Kier alpha value is -2.36. The van der Waals surface area contributed by atoms with Gasteiger partial charge in [0.05, 0.1) is 0 Å². The van der Waals surface area contributed by atoms with Gasteiger partial charge in [-0.1, -0.05) is 25.5 Å². The molecule has 1 amide bonds. The van der Waals surface area contributed by atoms with Crippen molar-refractivity contribution in [3.63, 3.8) is 0 Å². The van der Waals surface area contributed by atoms with Crippen molar-refractivity contribution >= 4 is 11.6 Å². The lowest BCUT2D eigenvalue weighted by Crippen LogP contribution is -2.45. The molecule has 0 aliphatic carbocycles. The lowest BCUT2D eigenvalue weighted by molar-refractivity contribution is -0.112. The molecule has 1 saturated heterocycles. The highest BCUT2D eigenvalue weighted by Crippen LogP contribution is 2.12. The summed E-state index contributed by atoms with van der Waals surface area (Å²) in [5.41, 5.74) is 2.05. The largest absolute Gasteiger partial charge is 0.388 e. The highest BCUT2D eigenvalue weighted by atomic mass is 16.1. The molecule has 3 N–H and O–H groups in total. The smallest absolute Gasteiger partial charge is 0.267 e. The molecule has 6 nitrogen and oxygen atoms in total. The fourth-order valence-electron chi connectivity index (χ4n) is 2.81. The predicted octanol–water partition coefficient (Wildman–Crippen LogP) is 1.87. The van der Waals surface area contributed by atoms with Crippen LogP contribution >= 0.6 is 0 Å². The van der Waals surface area contributed by atoms with Gasteiger partial charge in [-0.15, -0.1) is 0 Å². The number of nitrogens with one attached hydrogen (secondary N) is 3. The molecule has 1 heterocycles. The molecule has 0 radical (unpaired) electrons. The summed E-state index contributed by atoms with van der Waals surface area (Å²) in [6.45, 7) is 7.87. The molecule has 140 valence electrons. The molecule has 0 unspecified atom stereocenters. The molecule has 1 aliphatic rings. The molecule has 1 aliphatic heterocycles. The molecule has 1 aromatic rings. The van der Waals surface area contributed by atoms with Crippen molar-refractivity contribution in [1.29, 1.82) is 5.26 Å². The highest BCUT2D eigenvalue weighted by Gasteiger charge is 2.10. The molecule has 0 bridgehead atoms. The van der Waals surface area contributed by atoms with Crippen LogP contribution in [0.4, 0.5) is 5.69 Å². The van der Waals surface area contributed by atoms with E-state index >= 15 is 0 Å². The van der Waals surface area contributed by atoms with Crippen LogP contribution in [-0.2, 0) is 11.2 Å². The number of amides is 1. The second-order valence-corrected chi connectivity index (χ2v) is 6.47. The summed E-state index contributed by atoms with van der Waals surface area (Å²) in [5.74, 6) is -0.386. The third kappa shape index (κ3) is 6.87. The van der Waals surface area contributed by atoms with Gasteiger partial charge < -0.3 is 16.0 Å². The van der Waals surface area contributed by atoms with Crippen LogP contribution in [0.1, 0.15) is 25.3 Å². The van der Waals surface area contributed by atoms with E-state index in [4.69, 9.17) is 0 Å². The average Bonchev–Trinajstić information content (AvgIpc) is 2.68. The van der Waals surface area contributed by atoms with E-state index in [1.165, 1.54) is 11.8 Å².